The number of pyridine rings is 1. The third-order valence-electron chi connectivity index (χ3n) is 4.32. The molecule has 5 nitrogen and oxygen atoms in total. The number of aromatic nitrogens is 1. The lowest BCUT2D eigenvalue weighted by Crippen LogP contribution is -2.49. The molecule has 0 atom stereocenters. The average molecular weight is 324 g/mol. The van der Waals surface area contributed by atoms with Gasteiger partial charge < -0.3 is 5.32 Å². The third kappa shape index (κ3) is 5.15. The van der Waals surface area contributed by atoms with E-state index in [2.05, 4.69) is 32.2 Å². The minimum atomic E-state index is 0.0986. The first-order valence-electron chi connectivity index (χ1n) is 8.44. The Morgan fingerprint density at radius 2 is 1.58 bits per heavy atom. The van der Waals surface area contributed by atoms with E-state index in [1.54, 1.807) is 0 Å². The van der Waals surface area contributed by atoms with Crippen LogP contribution in [0.2, 0.25) is 0 Å². The Hall–Kier alpha value is -2.24. The Morgan fingerprint density at radius 1 is 0.917 bits per heavy atom. The number of hydrogen-bond donors (Lipinski definition) is 1. The van der Waals surface area contributed by atoms with Crippen molar-refractivity contribution < 1.29 is 4.79 Å². The molecule has 2 heterocycles. The molecule has 0 saturated carbocycles. The summed E-state index contributed by atoms with van der Waals surface area (Å²) in [5.74, 6) is 0.0986. The van der Waals surface area contributed by atoms with E-state index in [-0.39, 0.29) is 5.91 Å². The van der Waals surface area contributed by atoms with Crippen LogP contribution in [-0.2, 0) is 17.9 Å². The fraction of sp³-hybridized carbons (Fsp3) is 0.368. The van der Waals surface area contributed by atoms with Gasteiger partial charge in [-0.3, -0.25) is 19.6 Å². The molecule has 24 heavy (non-hydrogen) atoms. The quantitative estimate of drug-likeness (QED) is 0.875. The lowest BCUT2D eigenvalue weighted by Gasteiger charge is -2.34. The van der Waals surface area contributed by atoms with Crippen molar-refractivity contribution in [2.24, 2.45) is 0 Å². The second-order valence-corrected chi connectivity index (χ2v) is 6.17. The Kier molecular flexibility index (Phi) is 5.93. The molecule has 0 radical (unpaired) electrons. The summed E-state index contributed by atoms with van der Waals surface area (Å²) in [5.41, 5.74) is 2.42. The van der Waals surface area contributed by atoms with Gasteiger partial charge in [-0.1, -0.05) is 30.3 Å². The van der Waals surface area contributed by atoms with Gasteiger partial charge >= 0.3 is 0 Å². The molecule has 0 unspecified atom stereocenters. The summed E-state index contributed by atoms with van der Waals surface area (Å²) >= 11 is 0. The van der Waals surface area contributed by atoms with Gasteiger partial charge in [-0.2, -0.15) is 0 Å². The van der Waals surface area contributed by atoms with Gasteiger partial charge in [0.1, 0.15) is 0 Å². The number of nitrogens with zero attached hydrogens (tertiary/aromatic N) is 3. The van der Waals surface area contributed by atoms with Gasteiger partial charge in [0.05, 0.1) is 6.54 Å². The third-order valence-corrected chi connectivity index (χ3v) is 4.32. The maximum Gasteiger partial charge on any atom is 0.234 e. The molecule has 1 saturated heterocycles. The van der Waals surface area contributed by atoms with Crippen LogP contribution in [0.5, 0.6) is 0 Å². The van der Waals surface area contributed by atoms with E-state index in [4.69, 9.17) is 0 Å². The van der Waals surface area contributed by atoms with Crippen molar-refractivity contribution in [1.29, 1.82) is 0 Å². The fourth-order valence-electron chi connectivity index (χ4n) is 2.91. The van der Waals surface area contributed by atoms with Crippen molar-refractivity contribution >= 4 is 5.91 Å². The van der Waals surface area contributed by atoms with Crippen LogP contribution in [0.3, 0.4) is 0 Å². The summed E-state index contributed by atoms with van der Waals surface area (Å²) in [4.78, 5) is 20.8. The number of carbonyl (C=O) groups is 1. The summed E-state index contributed by atoms with van der Waals surface area (Å²) in [6, 6.07) is 14.1. The summed E-state index contributed by atoms with van der Waals surface area (Å²) < 4.78 is 0. The number of carbonyl (C=O) groups excluding carboxylic acids is 1. The highest BCUT2D eigenvalue weighted by Crippen LogP contribution is 2.07. The number of hydrogen-bond acceptors (Lipinski definition) is 4. The topological polar surface area (TPSA) is 48.5 Å². The summed E-state index contributed by atoms with van der Waals surface area (Å²) in [6.07, 6.45) is 3.67. The van der Waals surface area contributed by atoms with Gasteiger partial charge in [-0.05, 0) is 23.3 Å². The number of rotatable bonds is 6. The molecule has 0 aliphatic carbocycles. The van der Waals surface area contributed by atoms with Gasteiger partial charge in [-0.25, -0.2) is 0 Å². The van der Waals surface area contributed by atoms with Crippen molar-refractivity contribution in [3.63, 3.8) is 0 Å². The molecule has 5 heteroatoms. The van der Waals surface area contributed by atoms with E-state index in [9.17, 15) is 4.79 Å². The molecular formula is C19H24N4O. The van der Waals surface area contributed by atoms with Crippen LogP contribution in [0.1, 0.15) is 11.1 Å². The zero-order valence-corrected chi connectivity index (χ0v) is 13.9. The standard InChI is InChI=1S/C19H24N4O/c24-19(21-14-17-4-2-1-3-5-17)16-23-12-10-22(11-13-23)15-18-6-8-20-9-7-18/h1-9H,10-16H2,(H,21,24). The lowest BCUT2D eigenvalue weighted by atomic mass is 10.2. The SMILES string of the molecule is O=C(CN1CCN(Cc2ccncc2)CC1)NCc1ccccc1. The van der Waals surface area contributed by atoms with Gasteiger partial charge in [0.15, 0.2) is 0 Å². The van der Waals surface area contributed by atoms with Crippen molar-refractivity contribution in [3.8, 4) is 0 Å². The molecular weight excluding hydrogens is 300 g/mol. The van der Waals surface area contributed by atoms with Crippen LogP contribution in [0.4, 0.5) is 0 Å². The molecule has 1 amide bonds. The molecule has 2 aromatic rings. The summed E-state index contributed by atoms with van der Waals surface area (Å²) in [5, 5.41) is 3.00. The second-order valence-electron chi connectivity index (χ2n) is 6.17. The van der Waals surface area contributed by atoms with Crippen LogP contribution in [0.25, 0.3) is 0 Å². The Balaban J connectivity index is 1.36. The molecule has 1 aromatic heterocycles. The molecule has 1 aliphatic heterocycles. The predicted octanol–water partition coefficient (Wildman–Crippen LogP) is 1.52. The predicted molar refractivity (Wildman–Crippen MR) is 94.2 cm³/mol. The van der Waals surface area contributed by atoms with Crippen LogP contribution >= 0.6 is 0 Å². The molecule has 1 N–H and O–H groups in total. The van der Waals surface area contributed by atoms with Gasteiger partial charge in [0.2, 0.25) is 5.91 Å². The normalized spacial score (nSPS) is 16.0. The van der Waals surface area contributed by atoms with Crippen LogP contribution in [0, 0.1) is 0 Å². The Morgan fingerprint density at radius 3 is 2.29 bits per heavy atom. The number of benzene rings is 1. The first kappa shape index (κ1) is 16.6. The van der Waals surface area contributed by atoms with Crippen molar-refractivity contribution in [2.75, 3.05) is 32.7 Å². The van der Waals surface area contributed by atoms with E-state index in [1.807, 2.05) is 42.7 Å². The van der Waals surface area contributed by atoms with Crippen molar-refractivity contribution in [3.05, 3.63) is 66.0 Å². The first-order valence-corrected chi connectivity index (χ1v) is 8.44. The highest BCUT2D eigenvalue weighted by molar-refractivity contribution is 5.78. The molecule has 1 aliphatic rings. The van der Waals surface area contributed by atoms with E-state index in [0.29, 0.717) is 13.1 Å². The molecule has 1 fully saturated rings. The minimum Gasteiger partial charge on any atom is -0.351 e. The molecule has 126 valence electrons. The van der Waals surface area contributed by atoms with E-state index >= 15 is 0 Å². The summed E-state index contributed by atoms with van der Waals surface area (Å²) in [6.45, 7) is 5.89. The first-order chi connectivity index (χ1) is 11.8. The molecule has 0 bridgehead atoms. The molecule has 1 aromatic carbocycles. The highest BCUT2D eigenvalue weighted by atomic mass is 16.2. The fourth-order valence-corrected chi connectivity index (χ4v) is 2.91. The van der Waals surface area contributed by atoms with Crippen LogP contribution < -0.4 is 5.32 Å². The minimum absolute atomic E-state index is 0.0986. The molecule has 3 rings (SSSR count). The van der Waals surface area contributed by atoms with Gasteiger partial charge in [0, 0.05) is 51.7 Å². The number of nitrogens with one attached hydrogen (secondary N) is 1. The van der Waals surface area contributed by atoms with Gasteiger partial charge in [-0.15, -0.1) is 0 Å². The van der Waals surface area contributed by atoms with E-state index in [0.717, 1.165) is 38.3 Å². The molecule has 0 spiro atoms. The van der Waals surface area contributed by atoms with Crippen molar-refractivity contribution in [1.82, 2.24) is 20.1 Å². The Labute approximate surface area is 143 Å². The van der Waals surface area contributed by atoms with E-state index < -0.39 is 0 Å². The second kappa shape index (κ2) is 8.57. The zero-order chi connectivity index (χ0) is 16.6. The van der Waals surface area contributed by atoms with Crippen molar-refractivity contribution in [2.45, 2.75) is 13.1 Å². The maximum absolute atomic E-state index is 12.1. The van der Waals surface area contributed by atoms with Gasteiger partial charge in [0.25, 0.3) is 0 Å². The zero-order valence-electron chi connectivity index (χ0n) is 13.9. The van der Waals surface area contributed by atoms with Crippen LogP contribution in [-0.4, -0.2) is 53.4 Å². The highest BCUT2D eigenvalue weighted by Gasteiger charge is 2.18. The maximum atomic E-state index is 12.1. The monoisotopic (exact) mass is 324 g/mol. The average Bonchev–Trinajstić information content (AvgIpc) is 2.63. The van der Waals surface area contributed by atoms with Crippen LogP contribution in [0.15, 0.2) is 54.9 Å². The number of amides is 1. The lowest BCUT2D eigenvalue weighted by molar-refractivity contribution is -0.122. The largest absolute Gasteiger partial charge is 0.351 e. The Bertz CT molecular complexity index is 624. The smallest absolute Gasteiger partial charge is 0.234 e. The van der Waals surface area contributed by atoms with E-state index in [1.165, 1.54) is 5.56 Å². The number of piperazine rings is 1. The summed E-state index contributed by atoms with van der Waals surface area (Å²) in [7, 11) is 0.